The van der Waals surface area contributed by atoms with Gasteiger partial charge in [0.05, 0.1) is 0 Å². The van der Waals surface area contributed by atoms with E-state index in [1.807, 2.05) is 0 Å². The van der Waals surface area contributed by atoms with Crippen molar-refractivity contribution in [1.82, 2.24) is 5.32 Å². The van der Waals surface area contributed by atoms with Crippen molar-refractivity contribution in [2.75, 3.05) is 11.9 Å². The fraction of sp³-hybridized carbons (Fsp3) is 0.154. The van der Waals surface area contributed by atoms with E-state index < -0.39 is 17.7 Å². The third-order valence-corrected chi connectivity index (χ3v) is 2.69. The van der Waals surface area contributed by atoms with Crippen LogP contribution in [0.5, 0.6) is 0 Å². The number of hydrogen-bond donors (Lipinski definition) is 3. The van der Waals surface area contributed by atoms with Crippen LogP contribution in [0.25, 0.3) is 0 Å². The number of hydrogen-bond acceptors (Lipinski definition) is 3. The van der Waals surface area contributed by atoms with Crippen LogP contribution in [0.15, 0.2) is 29.3 Å². The Morgan fingerprint density at radius 2 is 1.95 bits per heavy atom. The third kappa shape index (κ3) is 4.51. The number of carbonyl (C=O) groups excluding carboxylic acids is 3. The molecule has 0 aliphatic rings. The molecule has 4 N–H and O–H groups in total. The summed E-state index contributed by atoms with van der Waals surface area (Å²) in [4.78, 5) is 34.3. The number of aryl methyl sites for hydroxylation is 1. The van der Waals surface area contributed by atoms with Crippen LogP contribution >= 0.6 is 15.9 Å². The number of anilines is 1. The third-order valence-electron chi connectivity index (χ3n) is 2.41. The lowest BCUT2D eigenvalue weighted by Gasteiger charge is -2.08. The first-order valence-corrected chi connectivity index (χ1v) is 6.43. The first-order valence-electron chi connectivity index (χ1n) is 5.64. The Bertz CT molecular complexity index is 584. The number of halogens is 1. The molecule has 0 radical (unpaired) electrons. The van der Waals surface area contributed by atoms with Crippen molar-refractivity contribution in [2.45, 2.75) is 6.92 Å². The Hall–Kier alpha value is -2.15. The molecule has 0 atom stereocenters. The molecule has 6 nitrogen and oxygen atoms in total. The van der Waals surface area contributed by atoms with Crippen molar-refractivity contribution < 1.29 is 14.4 Å². The smallest absolute Gasteiger partial charge is 0.313 e. The van der Waals surface area contributed by atoms with Gasteiger partial charge in [-0.1, -0.05) is 28.6 Å². The van der Waals surface area contributed by atoms with Crippen LogP contribution in [0, 0.1) is 6.92 Å². The minimum Gasteiger partial charge on any atom is -0.366 e. The summed E-state index contributed by atoms with van der Waals surface area (Å²) >= 11 is 3.06. The molecule has 0 unspecified atom stereocenters. The molecule has 1 aromatic rings. The first-order chi connectivity index (χ1) is 9.31. The van der Waals surface area contributed by atoms with Crippen molar-refractivity contribution >= 4 is 39.3 Å². The maximum absolute atomic E-state index is 11.6. The van der Waals surface area contributed by atoms with E-state index in [1.54, 1.807) is 19.1 Å². The maximum Gasteiger partial charge on any atom is 0.313 e. The summed E-state index contributed by atoms with van der Waals surface area (Å²) in [6, 6.07) is 4.64. The molecule has 0 aliphatic carbocycles. The van der Waals surface area contributed by atoms with Crippen molar-refractivity contribution in [3.05, 3.63) is 40.4 Å². The van der Waals surface area contributed by atoms with Gasteiger partial charge in [0.1, 0.15) is 0 Å². The Kier molecular flexibility index (Phi) is 5.45. The Morgan fingerprint density at radius 3 is 2.50 bits per heavy atom. The molecule has 20 heavy (non-hydrogen) atoms. The lowest BCUT2D eigenvalue weighted by molar-refractivity contribution is -0.136. The second-order valence-corrected chi connectivity index (χ2v) is 5.17. The number of nitrogens with one attached hydrogen (secondary N) is 2. The van der Waals surface area contributed by atoms with Gasteiger partial charge in [0, 0.05) is 22.3 Å². The lowest BCUT2D eigenvalue weighted by Crippen LogP contribution is -2.36. The highest BCUT2D eigenvalue weighted by Gasteiger charge is 2.14. The first kappa shape index (κ1) is 15.9. The molecule has 0 heterocycles. The predicted molar refractivity (Wildman–Crippen MR) is 79.4 cm³/mol. The zero-order valence-electron chi connectivity index (χ0n) is 10.8. The van der Waals surface area contributed by atoms with Gasteiger partial charge in [0.25, 0.3) is 0 Å². The summed E-state index contributed by atoms with van der Waals surface area (Å²) < 4.78 is 0.546. The largest absolute Gasteiger partial charge is 0.366 e. The van der Waals surface area contributed by atoms with Crippen LogP contribution in [0.2, 0.25) is 0 Å². The molecule has 3 amide bonds. The minimum absolute atomic E-state index is 0.146. The van der Waals surface area contributed by atoms with Gasteiger partial charge in [-0.25, -0.2) is 0 Å². The number of nitrogens with two attached hydrogens (primary N) is 1. The summed E-state index contributed by atoms with van der Waals surface area (Å²) in [6.07, 6.45) is 0. The number of amides is 3. The molecule has 106 valence electrons. The second kappa shape index (κ2) is 6.85. The van der Waals surface area contributed by atoms with Crippen molar-refractivity contribution in [2.24, 2.45) is 5.73 Å². The molecule has 0 saturated carbocycles. The fourth-order valence-corrected chi connectivity index (χ4v) is 1.55. The quantitative estimate of drug-likeness (QED) is 0.714. The van der Waals surface area contributed by atoms with Crippen LogP contribution in [0.1, 0.15) is 15.9 Å². The molecule has 0 spiro atoms. The SMILES string of the molecule is C=C(Br)CNC(=O)C(=O)Nc1ccc(C)c(C(N)=O)c1. The van der Waals surface area contributed by atoms with Crippen LogP contribution in [0.3, 0.4) is 0 Å². The van der Waals surface area contributed by atoms with Crippen LogP contribution in [-0.4, -0.2) is 24.3 Å². The summed E-state index contributed by atoms with van der Waals surface area (Å²) in [6.45, 7) is 5.40. The van der Waals surface area contributed by atoms with E-state index in [9.17, 15) is 14.4 Å². The summed E-state index contributed by atoms with van der Waals surface area (Å²) in [7, 11) is 0. The maximum atomic E-state index is 11.6. The van der Waals surface area contributed by atoms with E-state index in [0.717, 1.165) is 0 Å². The zero-order chi connectivity index (χ0) is 15.3. The van der Waals surface area contributed by atoms with Gasteiger partial charge >= 0.3 is 11.8 Å². The molecule has 0 fully saturated rings. The fourth-order valence-electron chi connectivity index (χ4n) is 1.41. The highest BCUT2D eigenvalue weighted by molar-refractivity contribution is 9.11. The molecule has 0 aromatic heterocycles. The topological polar surface area (TPSA) is 101 Å². The number of benzene rings is 1. The Morgan fingerprint density at radius 1 is 1.30 bits per heavy atom. The molecule has 1 aromatic carbocycles. The van der Waals surface area contributed by atoms with Gasteiger partial charge in [0.15, 0.2) is 0 Å². The normalized spacial score (nSPS) is 9.70. The second-order valence-electron chi connectivity index (χ2n) is 4.05. The van der Waals surface area contributed by atoms with Crippen LogP contribution < -0.4 is 16.4 Å². The van der Waals surface area contributed by atoms with E-state index >= 15 is 0 Å². The number of carbonyl (C=O) groups is 3. The number of primary amides is 1. The molecular weight excluding hydrogens is 326 g/mol. The van der Waals surface area contributed by atoms with Crippen molar-refractivity contribution in [3.8, 4) is 0 Å². The van der Waals surface area contributed by atoms with Crippen molar-refractivity contribution in [1.29, 1.82) is 0 Å². The van der Waals surface area contributed by atoms with Gasteiger partial charge in [-0.2, -0.15) is 0 Å². The molecule has 0 aliphatic heterocycles. The van der Waals surface area contributed by atoms with Crippen LogP contribution in [0.4, 0.5) is 5.69 Å². The van der Waals surface area contributed by atoms with E-state index in [4.69, 9.17) is 5.73 Å². The molecule has 7 heteroatoms. The average molecular weight is 340 g/mol. The average Bonchev–Trinajstić information content (AvgIpc) is 2.37. The molecule has 0 bridgehead atoms. The highest BCUT2D eigenvalue weighted by atomic mass is 79.9. The predicted octanol–water partition coefficient (Wildman–Crippen LogP) is 1.06. The van der Waals surface area contributed by atoms with Gasteiger partial charge in [-0.15, -0.1) is 0 Å². The van der Waals surface area contributed by atoms with E-state index in [-0.39, 0.29) is 12.1 Å². The standard InChI is InChI=1S/C13H14BrN3O3/c1-7-3-4-9(5-10(7)11(15)18)17-13(20)12(19)16-6-8(2)14/h3-5H,2,6H2,1H3,(H2,15,18)(H,16,19)(H,17,20). The van der Waals surface area contributed by atoms with E-state index in [2.05, 4.69) is 33.1 Å². The summed E-state index contributed by atoms with van der Waals surface area (Å²) in [5, 5.41) is 4.75. The molecular formula is C13H14BrN3O3. The zero-order valence-corrected chi connectivity index (χ0v) is 12.4. The number of rotatable bonds is 4. The minimum atomic E-state index is -0.835. The molecule has 0 saturated heterocycles. The Balaban J connectivity index is 2.76. The van der Waals surface area contributed by atoms with E-state index in [1.165, 1.54) is 6.07 Å². The lowest BCUT2D eigenvalue weighted by atomic mass is 10.1. The van der Waals surface area contributed by atoms with Gasteiger partial charge < -0.3 is 16.4 Å². The highest BCUT2D eigenvalue weighted by Crippen LogP contribution is 2.14. The van der Waals surface area contributed by atoms with Gasteiger partial charge in [0.2, 0.25) is 5.91 Å². The molecule has 1 rings (SSSR count). The summed E-state index contributed by atoms with van der Waals surface area (Å²) in [5.74, 6) is -2.23. The van der Waals surface area contributed by atoms with Gasteiger partial charge in [-0.3, -0.25) is 14.4 Å². The van der Waals surface area contributed by atoms with Gasteiger partial charge in [-0.05, 0) is 24.6 Å². The van der Waals surface area contributed by atoms with E-state index in [0.29, 0.717) is 15.7 Å². The van der Waals surface area contributed by atoms with Crippen molar-refractivity contribution in [3.63, 3.8) is 0 Å². The summed E-state index contributed by atoms with van der Waals surface area (Å²) in [5.41, 5.74) is 6.51. The monoisotopic (exact) mass is 339 g/mol. The Labute approximate surface area is 124 Å². The van der Waals surface area contributed by atoms with Crippen LogP contribution in [-0.2, 0) is 9.59 Å².